The van der Waals surface area contributed by atoms with Crippen LogP contribution < -0.4 is 11.1 Å². The summed E-state index contributed by atoms with van der Waals surface area (Å²) in [6, 6.07) is 3.64. The van der Waals surface area contributed by atoms with E-state index in [1.807, 2.05) is 13.8 Å². The second-order valence-electron chi connectivity index (χ2n) is 4.58. The second-order valence-corrected chi connectivity index (χ2v) is 4.58. The zero-order valence-corrected chi connectivity index (χ0v) is 11.0. The molecule has 0 aliphatic heterocycles. The summed E-state index contributed by atoms with van der Waals surface area (Å²) >= 11 is 0. The highest BCUT2D eigenvalue weighted by molar-refractivity contribution is 5.58. The molecule has 0 radical (unpaired) electrons. The Morgan fingerprint density at radius 3 is 2.26 bits per heavy atom. The van der Waals surface area contributed by atoms with Crippen LogP contribution in [0.2, 0.25) is 0 Å². The molecule has 0 saturated carbocycles. The van der Waals surface area contributed by atoms with Gasteiger partial charge in [-0.3, -0.25) is 0 Å². The van der Waals surface area contributed by atoms with Crippen LogP contribution in [0, 0.1) is 0 Å². The molecule has 0 saturated heterocycles. The van der Waals surface area contributed by atoms with Crippen LogP contribution in [0.25, 0.3) is 0 Å². The molecule has 3 nitrogen and oxygen atoms in total. The van der Waals surface area contributed by atoms with E-state index in [1.54, 1.807) is 0 Å². The molecule has 19 heavy (non-hydrogen) atoms. The third kappa shape index (κ3) is 4.02. The molecular formula is C13H19F3N2O. The predicted molar refractivity (Wildman–Crippen MR) is 69.9 cm³/mol. The van der Waals surface area contributed by atoms with Crippen molar-refractivity contribution in [3.05, 3.63) is 23.8 Å². The van der Waals surface area contributed by atoms with E-state index < -0.39 is 17.3 Å². The third-order valence-electron chi connectivity index (χ3n) is 3.30. The Morgan fingerprint density at radius 1 is 1.21 bits per heavy atom. The van der Waals surface area contributed by atoms with E-state index in [0.717, 1.165) is 6.07 Å². The van der Waals surface area contributed by atoms with E-state index in [-0.39, 0.29) is 12.2 Å². The highest BCUT2D eigenvalue weighted by Crippen LogP contribution is 2.35. The van der Waals surface area contributed by atoms with Gasteiger partial charge in [0, 0.05) is 17.9 Å². The van der Waals surface area contributed by atoms with E-state index in [0.29, 0.717) is 18.5 Å². The van der Waals surface area contributed by atoms with Crippen molar-refractivity contribution >= 4 is 11.4 Å². The summed E-state index contributed by atoms with van der Waals surface area (Å²) in [7, 11) is 0. The summed E-state index contributed by atoms with van der Waals surface area (Å²) < 4.78 is 38.0. The number of hydrogen-bond acceptors (Lipinski definition) is 3. The summed E-state index contributed by atoms with van der Waals surface area (Å²) in [4.78, 5) is 0. The van der Waals surface area contributed by atoms with Gasteiger partial charge in [-0.15, -0.1) is 0 Å². The predicted octanol–water partition coefficient (Wildman–Crippen LogP) is 3.25. The largest absolute Gasteiger partial charge is 0.418 e. The van der Waals surface area contributed by atoms with Crippen molar-refractivity contribution in [3.8, 4) is 0 Å². The van der Waals surface area contributed by atoms with Gasteiger partial charge in [0.2, 0.25) is 0 Å². The average Bonchev–Trinajstić information content (AvgIpc) is 2.36. The maximum Gasteiger partial charge on any atom is 0.418 e. The first-order valence-electron chi connectivity index (χ1n) is 6.15. The minimum absolute atomic E-state index is 0.196. The summed E-state index contributed by atoms with van der Waals surface area (Å²) in [6.07, 6.45) is -3.43. The van der Waals surface area contributed by atoms with Gasteiger partial charge in [0.1, 0.15) is 0 Å². The molecule has 1 rings (SSSR count). The van der Waals surface area contributed by atoms with Crippen LogP contribution in [0.3, 0.4) is 0 Å². The number of nitrogens with one attached hydrogen (secondary N) is 1. The van der Waals surface area contributed by atoms with Gasteiger partial charge in [-0.05, 0) is 31.0 Å². The Labute approximate surface area is 110 Å². The Hall–Kier alpha value is -1.43. The fourth-order valence-electron chi connectivity index (χ4n) is 1.68. The summed E-state index contributed by atoms with van der Waals surface area (Å²) in [6.45, 7) is 3.85. The molecule has 0 spiro atoms. The molecule has 0 fully saturated rings. The van der Waals surface area contributed by atoms with Crippen LogP contribution in [-0.4, -0.2) is 17.3 Å². The normalized spacial score (nSPS) is 12.5. The number of halogens is 3. The van der Waals surface area contributed by atoms with E-state index in [4.69, 9.17) is 5.73 Å². The number of anilines is 2. The van der Waals surface area contributed by atoms with Gasteiger partial charge in [0.25, 0.3) is 0 Å². The first kappa shape index (κ1) is 15.6. The SMILES string of the molecule is CCC(O)(CC)CNc1ccc(N)c(C(F)(F)F)c1. The third-order valence-corrected chi connectivity index (χ3v) is 3.30. The van der Waals surface area contributed by atoms with Crippen LogP contribution in [0.15, 0.2) is 18.2 Å². The molecule has 4 N–H and O–H groups in total. The molecule has 1 aromatic rings. The lowest BCUT2D eigenvalue weighted by Crippen LogP contribution is -2.35. The van der Waals surface area contributed by atoms with Gasteiger partial charge in [0.15, 0.2) is 0 Å². The van der Waals surface area contributed by atoms with Gasteiger partial charge in [-0.1, -0.05) is 13.8 Å². The van der Waals surface area contributed by atoms with Gasteiger partial charge in [0.05, 0.1) is 11.2 Å². The van der Waals surface area contributed by atoms with E-state index >= 15 is 0 Å². The lowest BCUT2D eigenvalue weighted by molar-refractivity contribution is -0.136. The molecule has 108 valence electrons. The minimum atomic E-state index is -4.48. The standard InChI is InChI=1S/C13H19F3N2O/c1-3-12(19,4-2)8-18-9-5-6-11(17)10(7-9)13(14,15)16/h5-7,18-19H,3-4,8,17H2,1-2H3. The van der Waals surface area contributed by atoms with Crippen molar-refractivity contribution < 1.29 is 18.3 Å². The monoisotopic (exact) mass is 276 g/mol. The van der Waals surface area contributed by atoms with Crippen LogP contribution in [0.1, 0.15) is 32.3 Å². The number of nitrogen functional groups attached to an aromatic ring is 1. The number of nitrogens with two attached hydrogens (primary N) is 1. The van der Waals surface area contributed by atoms with Crippen molar-refractivity contribution in [1.29, 1.82) is 0 Å². The smallest absolute Gasteiger partial charge is 0.398 e. The summed E-state index contributed by atoms with van der Waals surface area (Å²) in [5, 5.41) is 12.9. The number of benzene rings is 1. The molecule has 0 bridgehead atoms. The molecule has 1 aromatic carbocycles. The Morgan fingerprint density at radius 2 is 1.79 bits per heavy atom. The fraction of sp³-hybridized carbons (Fsp3) is 0.538. The molecule has 0 atom stereocenters. The first-order valence-corrected chi connectivity index (χ1v) is 6.15. The highest BCUT2D eigenvalue weighted by Gasteiger charge is 2.33. The lowest BCUT2D eigenvalue weighted by Gasteiger charge is -2.26. The lowest BCUT2D eigenvalue weighted by atomic mass is 9.97. The van der Waals surface area contributed by atoms with Gasteiger partial charge >= 0.3 is 6.18 Å². The fourth-order valence-corrected chi connectivity index (χ4v) is 1.68. The van der Waals surface area contributed by atoms with Gasteiger partial charge in [-0.25, -0.2) is 0 Å². The van der Waals surface area contributed by atoms with Crippen molar-refractivity contribution in [3.63, 3.8) is 0 Å². The number of alkyl halides is 3. The van der Waals surface area contributed by atoms with Crippen molar-refractivity contribution in [1.82, 2.24) is 0 Å². The number of hydrogen-bond donors (Lipinski definition) is 3. The summed E-state index contributed by atoms with van der Waals surface area (Å²) in [5.74, 6) is 0. The average molecular weight is 276 g/mol. The van der Waals surface area contributed by atoms with Crippen LogP contribution >= 0.6 is 0 Å². The van der Waals surface area contributed by atoms with E-state index in [1.165, 1.54) is 12.1 Å². The van der Waals surface area contributed by atoms with Gasteiger partial charge < -0.3 is 16.2 Å². The zero-order valence-electron chi connectivity index (χ0n) is 11.0. The second kappa shape index (κ2) is 5.69. The van der Waals surface area contributed by atoms with E-state index in [2.05, 4.69) is 5.32 Å². The van der Waals surface area contributed by atoms with Gasteiger partial charge in [-0.2, -0.15) is 13.2 Å². The highest BCUT2D eigenvalue weighted by atomic mass is 19.4. The van der Waals surface area contributed by atoms with Crippen molar-refractivity contribution in [2.24, 2.45) is 0 Å². The Bertz CT molecular complexity index is 428. The van der Waals surface area contributed by atoms with Crippen LogP contribution in [0.5, 0.6) is 0 Å². The van der Waals surface area contributed by atoms with Crippen molar-refractivity contribution in [2.75, 3.05) is 17.6 Å². The van der Waals surface area contributed by atoms with Crippen LogP contribution in [0.4, 0.5) is 24.5 Å². The number of aliphatic hydroxyl groups is 1. The molecule has 0 aliphatic rings. The molecule has 6 heteroatoms. The Balaban J connectivity index is 2.87. The van der Waals surface area contributed by atoms with E-state index in [9.17, 15) is 18.3 Å². The van der Waals surface area contributed by atoms with Crippen molar-refractivity contribution in [2.45, 2.75) is 38.5 Å². The maximum absolute atomic E-state index is 12.7. The molecule has 0 aromatic heterocycles. The minimum Gasteiger partial charge on any atom is -0.398 e. The first-order chi connectivity index (χ1) is 8.72. The quantitative estimate of drug-likeness (QED) is 0.723. The maximum atomic E-state index is 12.7. The Kier molecular flexibility index (Phi) is 4.68. The summed E-state index contributed by atoms with van der Waals surface area (Å²) in [5.41, 5.74) is 3.52. The molecule has 0 heterocycles. The molecule has 0 aliphatic carbocycles. The topological polar surface area (TPSA) is 58.3 Å². The van der Waals surface area contributed by atoms with Crippen LogP contribution in [-0.2, 0) is 6.18 Å². The number of rotatable bonds is 5. The molecule has 0 unspecified atom stereocenters. The molecule has 0 amide bonds. The molecular weight excluding hydrogens is 257 g/mol. The zero-order chi connectivity index (χ0) is 14.7.